The van der Waals surface area contributed by atoms with E-state index >= 15 is 0 Å². The lowest BCUT2D eigenvalue weighted by atomic mass is 10.1. The average molecular weight is 255 g/mol. The van der Waals surface area contributed by atoms with Crippen LogP contribution in [0.5, 0.6) is 0 Å². The molecule has 4 atom stereocenters. The number of aliphatic hydroxyl groups is 1. The van der Waals surface area contributed by atoms with Gasteiger partial charge in [-0.25, -0.2) is 0 Å². The van der Waals surface area contributed by atoms with Crippen LogP contribution in [-0.2, 0) is 10.8 Å². The van der Waals surface area contributed by atoms with E-state index in [9.17, 15) is 9.32 Å². The second-order valence-electron chi connectivity index (χ2n) is 4.18. The minimum absolute atomic E-state index is 0. The van der Waals surface area contributed by atoms with E-state index in [1.165, 1.54) is 0 Å². The highest BCUT2D eigenvalue weighted by Crippen LogP contribution is 2.15. The van der Waals surface area contributed by atoms with Gasteiger partial charge in [0.25, 0.3) is 0 Å². The molecule has 0 aromatic heterocycles. The van der Waals surface area contributed by atoms with Gasteiger partial charge in [-0.05, 0) is 6.92 Å². The fourth-order valence-corrected chi connectivity index (χ4v) is 3.41. The van der Waals surface area contributed by atoms with Crippen LogP contribution in [0.15, 0.2) is 0 Å². The summed E-state index contributed by atoms with van der Waals surface area (Å²) in [6, 6.07) is 0.231. The van der Waals surface area contributed by atoms with E-state index in [1.54, 1.807) is 0 Å². The van der Waals surface area contributed by atoms with Gasteiger partial charge >= 0.3 is 0 Å². The van der Waals surface area contributed by atoms with Gasteiger partial charge in [-0.3, -0.25) is 9.11 Å². The maximum atomic E-state index is 11.4. The second kappa shape index (κ2) is 5.59. The van der Waals surface area contributed by atoms with Crippen molar-refractivity contribution in [1.82, 2.24) is 10.2 Å². The summed E-state index contributed by atoms with van der Waals surface area (Å²) in [7, 11) is -0.661. The van der Waals surface area contributed by atoms with Crippen molar-refractivity contribution < 1.29 is 9.32 Å². The van der Waals surface area contributed by atoms with E-state index in [1.807, 2.05) is 6.92 Å². The number of hydrogen-bond donors (Lipinski definition) is 2. The van der Waals surface area contributed by atoms with Gasteiger partial charge in [-0.1, -0.05) is 0 Å². The van der Waals surface area contributed by atoms with Crippen molar-refractivity contribution in [3.05, 3.63) is 0 Å². The lowest BCUT2D eigenvalue weighted by Crippen LogP contribution is -2.52. The zero-order chi connectivity index (χ0) is 10.1. The smallest absolute Gasteiger partial charge is 0.0831 e. The molecule has 15 heavy (non-hydrogen) atoms. The van der Waals surface area contributed by atoms with Crippen molar-refractivity contribution in [2.24, 2.45) is 0 Å². The molecule has 90 valence electrons. The van der Waals surface area contributed by atoms with Gasteiger partial charge in [0.15, 0.2) is 0 Å². The van der Waals surface area contributed by atoms with E-state index < -0.39 is 10.8 Å². The summed E-state index contributed by atoms with van der Waals surface area (Å²) in [5, 5.41) is 13.1. The fourth-order valence-electron chi connectivity index (χ4n) is 2.24. The van der Waals surface area contributed by atoms with Crippen LogP contribution >= 0.6 is 12.4 Å². The van der Waals surface area contributed by atoms with Crippen LogP contribution in [0.25, 0.3) is 0 Å². The molecule has 0 bridgehead atoms. The number of nitrogens with one attached hydrogen (secondary N) is 1. The molecule has 0 aromatic carbocycles. The number of hydrogen-bond acceptors (Lipinski definition) is 4. The first-order valence-corrected chi connectivity index (χ1v) is 6.56. The Bertz CT molecular complexity index is 242. The van der Waals surface area contributed by atoms with Crippen LogP contribution in [-0.4, -0.2) is 63.5 Å². The van der Waals surface area contributed by atoms with Gasteiger partial charge in [-0.2, -0.15) is 0 Å². The zero-order valence-corrected chi connectivity index (χ0v) is 10.5. The van der Waals surface area contributed by atoms with Crippen LogP contribution in [0, 0.1) is 0 Å². The molecule has 2 heterocycles. The maximum Gasteiger partial charge on any atom is 0.0831 e. The zero-order valence-electron chi connectivity index (χ0n) is 8.89. The molecule has 0 radical (unpaired) electrons. The third-order valence-corrected chi connectivity index (χ3v) is 4.77. The summed E-state index contributed by atoms with van der Waals surface area (Å²) >= 11 is 0. The SMILES string of the molecule is CC1CN([C@@H]2CNC[C@H]2O)CCS1=O.Cl. The Labute approximate surface area is 99.3 Å². The predicted octanol–water partition coefficient (Wildman–Crippen LogP) is -0.806. The van der Waals surface area contributed by atoms with Gasteiger partial charge in [-0.15, -0.1) is 12.4 Å². The molecule has 2 aliphatic heterocycles. The van der Waals surface area contributed by atoms with E-state index in [0.717, 1.165) is 25.4 Å². The lowest BCUT2D eigenvalue weighted by molar-refractivity contribution is 0.0853. The quantitative estimate of drug-likeness (QED) is 0.643. The third kappa shape index (κ3) is 2.91. The van der Waals surface area contributed by atoms with Crippen LogP contribution in [0.2, 0.25) is 0 Å². The summed E-state index contributed by atoms with van der Waals surface area (Å²) in [6.45, 7) is 5.30. The molecule has 0 aromatic rings. The van der Waals surface area contributed by atoms with Crippen molar-refractivity contribution in [2.75, 3.05) is 31.9 Å². The first kappa shape index (κ1) is 13.4. The Morgan fingerprint density at radius 2 is 2.20 bits per heavy atom. The molecule has 0 amide bonds. The highest BCUT2D eigenvalue weighted by atomic mass is 35.5. The van der Waals surface area contributed by atoms with Crippen LogP contribution in [0.4, 0.5) is 0 Å². The van der Waals surface area contributed by atoms with Crippen molar-refractivity contribution >= 4 is 23.2 Å². The van der Waals surface area contributed by atoms with Crippen molar-refractivity contribution in [2.45, 2.75) is 24.3 Å². The molecular formula is C9H19ClN2O2S. The van der Waals surface area contributed by atoms with E-state index in [2.05, 4.69) is 10.2 Å². The highest BCUT2D eigenvalue weighted by Gasteiger charge is 2.34. The lowest BCUT2D eigenvalue weighted by Gasteiger charge is -2.35. The summed E-state index contributed by atoms with van der Waals surface area (Å²) in [5.41, 5.74) is 0. The van der Waals surface area contributed by atoms with Gasteiger partial charge in [0.05, 0.1) is 6.10 Å². The van der Waals surface area contributed by atoms with Gasteiger partial charge in [0.2, 0.25) is 0 Å². The first-order chi connectivity index (χ1) is 6.68. The fraction of sp³-hybridized carbons (Fsp3) is 1.00. The number of halogens is 1. The Kier molecular flexibility index (Phi) is 4.99. The summed E-state index contributed by atoms with van der Waals surface area (Å²) in [6.07, 6.45) is -0.256. The monoisotopic (exact) mass is 254 g/mol. The molecule has 2 saturated heterocycles. The topological polar surface area (TPSA) is 52.6 Å². The normalized spacial score (nSPS) is 42.5. The molecule has 0 saturated carbocycles. The number of nitrogens with zero attached hydrogens (tertiary/aromatic N) is 1. The van der Waals surface area contributed by atoms with E-state index in [-0.39, 0.29) is 29.8 Å². The maximum absolute atomic E-state index is 11.4. The standard InChI is InChI=1S/C9H18N2O2S.ClH/c1-7-6-11(2-3-14(7)13)8-4-10-5-9(8)12;/h7-10,12H,2-6H2,1H3;1H/t7?,8-,9-,14?;/m1./s1. The summed E-state index contributed by atoms with van der Waals surface area (Å²) in [4.78, 5) is 2.27. The summed E-state index contributed by atoms with van der Waals surface area (Å²) < 4.78 is 11.4. The average Bonchev–Trinajstić information content (AvgIpc) is 2.57. The first-order valence-electron chi connectivity index (χ1n) is 5.18. The molecule has 2 aliphatic rings. The van der Waals surface area contributed by atoms with Crippen molar-refractivity contribution in [3.63, 3.8) is 0 Å². The van der Waals surface area contributed by atoms with Crippen LogP contribution in [0.3, 0.4) is 0 Å². The molecule has 2 unspecified atom stereocenters. The van der Waals surface area contributed by atoms with Gasteiger partial charge in [0, 0.05) is 54.0 Å². The molecule has 2 rings (SSSR count). The largest absolute Gasteiger partial charge is 0.390 e. The van der Waals surface area contributed by atoms with Crippen molar-refractivity contribution in [3.8, 4) is 0 Å². The number of β-amino-alcohol motifs (C(OH)–C–C–N with tert-alkyl or cyclic N) is 1. The Balaban J connectivity index is 0.00000112. The van der Waals surface area contributed by atoms with E-state index in [0.29, 0.717) is 6.54 Å². The molecule has 0 aliphatic carbocycles. The minimum Gasteiger partial charge on any atom is -0.390 e. The van der Waals surface area contributed by atoms with Crippen LogP contribution < -0.4 is 5.32 Å². The highest BCUT2D eigenvalue weighted by molar-refractivity contribution is 7.85. The molecule has 2 fully saturated rings. The summed E-state index contributed by atoms with van der Waals surface area (Å²) in [5.74, 6) is 0.754. The molecule has 0 spiro atoms. The number of aliphatic hydroxyl groups excluding tert-OH is 1. The van der Waals surface area contributed by atoms with Crippen LogP contribution in [0.1, 0.15) is 6.92 Å². The number of rotatable bonds is 1. The Morgan fingerprint density at radius 3 is 2.73 bits per heavy atom. The van der Waals surface area contributed by atoms with Gasteiger partial charge < -0.3 is 10.4 Å². The predicted molar refractivity (Wildman–Crippen MR) is 64.0 cm³/mol. The third-order valence-electron chi connectivity index (χ3n) is 3.14. The van der Waals surface area contributed by atoms with Gasteiger partial charge in [0.1, 0.15) is 0 Å². The van der Waals surface area contributed by atoms with E-state index in [4.69, 9.17) is 0 Å². The Morgan fingerprint density at radius 1 is 1.47 bits per heavy atom. The molecular weight excluding hydrogens is 236 g/mol. The molecule has 2 N–H and O–H groups in total. The molecule has 4 nitrogen and oxygen atoms in total. The Hall–Kier alpha value is 0.320. The minimum atomic E-state index is -0.661. The second-order valence-corrected chi connectivity index (χ2v) is 6.16. The molecule has 6 heteroatoms. The van der Waals surface area contributed by atoms with Crippen molar-refractivity contribution in [1.29, 1.82) is 0 Å².